The van der Waals surface area contributed by atoms with Crippen molar-refractivity contribution < 1.29 is 14.3 Å². The summed E-state index contributed by atoms with van der Waals surface area (Å²) in [5, 5.41) is 6.43. The maximum Gasteiger partial charge on any atom is 0.221 e. The second kappa shape index (κ2) is 11.1. The second-order valence-electron chi connectivity index (χ2n) is 5.55. The molecule has 1 aliphatic rings. The van der Waals surface area contributed by atoms with Crippen molar-refractivity contribution >= 4 is 5.91 Å². The Morgan fingerprint density at radius 1 is 1.30 bits per heavy atom. The third-order valence-electron chi connectivity index (χ3n) is 3.80. The molecule has 1 saturated heterocycles. The minimum absolute atomic E-state index is 0.163. The molecule has 1 rings (SSSR count). The maximum absolute atomic E-state index is 11.8. The monoisotopic (exact) mass is 286 g/mol. The summed E-state index contributed by atoms with van der Waals surface area (Å²) < 4.78 is 10.3. The zero-order valence-corrected chi connectivity index (χ0v) is 13.0. The van der Waals surface area contributed by atoms with Gasteiger partial charge in [-0.15, -0.1) is 0 Å². The van der Waals surface area contributed by atoms with E-state index in [2.05, 4.69) is 17.6 Å². The second-order valence-corrected chi connectivity index (χ2v) is 5.55. The van der Waals surface area contributed by atoms with Gasteiger partial charge in [0, 0.05) is 32.7 Å². The number of unbranched alkanes of at least 4 members (excludes halogenated alkanes) is 1. The van der Waals surface area contributed by atoms with E-state index in [0.29, 0.717) is 31.6 Å². The summed E-state index contributed by atoms with van der Waals surface area (Å²) in [7, 11) is 1.67. The highest BCUT2D eigenvalue weighted by molar-refractivity contribution is 5.76. The lowest BCUT2D eigenvalue weighted by Crippen LogP contribution is -2.43. The van der Waals surface area contributed by atoms with Gasteiger partial charge in [-0.1, -0.05) is 6.92 Å². The maximum atomic E-state index is 11.8. The minimum Gasteiger partial charge on any atom is -0.382 e. The van der Waals surface area contributed by atoms with E-state index in [1.165, 1.54) is 12.8 Å². The first-order valence-electron chi connectivity index (χ1n) is 7.80. The lowest BCUT2D eigenvalue weighted by Gasteiger charge is -2.29. The molecule has 1 fully saturated rings. The number of nitrogens with one attached hydrogen (secondary N) is 2. The Morgan fingerprint density at radius 3 is 2.90 bits per heavy atom. The summed E-state index contributed by atoms with van der Waals surface area (Å²) >= 11 is 0. The van der Waals surface area contributed by atoms with Gasteiger partial charge in [-0.25, -0.2) is 0 Å². The number of hydrogen-bond donors (Lipinski definition) is 2. The van der Waals surface area contributed by atoms with Crippen LogP contribution in [0.4, 0.5) is 0 Å². The molecule has 0 radical (unpaired) electrons. The van der Waals surface area contributed by atoms with Gasteiger partial charge in [-0.05, 0) is 38.1 Å². The van der Waals surface area contributed by atoms with Gasteiger partial charge >= 0.3 is 0 Å². The molecule has 0 aromatic heterocycles. The van der Waals surface area contributed by atoms with Crippen LogP contribution < -0.4 is 10.6 Å². The first-order chi connectivity index (χ1) is 9.74. The van der Waals surface area contributed by atoms with Gasteiger partial charge in [-0.3, -0.25) is 4.79 Å². The van der Waals surface area contributed by atoms with Gasteiger partial charge in [0.05, 0.1) is 13.2 Å². The van der Waals surface area contributed by atoms with Crippen molar-refractivity contribution in [3.63, 3.8) is 0 Å². The summed E-state index contributed by atoms with van der Waals surface area (Å²) in [6.45, 7) is 6.04. The largest absolute Gasteiger partial charge is 0.382 e. The van der Waals surface area contributed by atoms with Crippen molar-refractivity contribution in [3.05, 3.63) is 0 Å². The molecule has 1 amide bonds. The molecule has 5 heteroatoms. The summed E-state index contributed by atoms with van der Waals surface area (Å²) in [6, 6.07) is 0.348. The number of ether oxygens (including phenoxy) is 2. The summed E-state index contributed by atoms with van der Waals surface area (Å²) in [6.07, 6.45) is 4.99. The van der Waals surface area contributed by atoms with E-state index in [4.69, 9.17) is 9.47 Å². The Bertz CT molecular complexity index is 262. The van der Waals surface area contributed by atoms with Gasteiger partial charge in [0.25, 0.3) is 0 Å². The van der Waals surface area contributed by atoms with E-state index in [1.807, 2.05) is 0 Å². The Labute approximate surface area is 122 Å². The van der Waals surface area contributed by atoms with Crippen LogP contribution >= 0.6 is 0 Å². The Balaban J connectivity index is 1.94. The minimum atomic E-state index is 0.163. The van der Waals surface area contributed by atoms with Crippen molar-refractivity contribution in [1.29, 1.82) is 0 Å². The third kappa shape index (κ3) is 7.82. The molecule has 0 bridgehead atoms. The van der Waals surface area contributed by atoms with Crippen molar-refractivity contribution in [2.24, 2.45) is 5.92 Å². The third-order valence-corrected chi connectivity index (χ3v) is 3.80. The number of piperidine rings is 1. The molecule has 2 atom stereocenters. The van der Waals surface area contributed by atoms with Crippen molar-refractivity contribution in [2.45, 2.75) is 45.1 Å². The number of methoxy groups -OCH3 is 1. The van der Waals surface area contributed by atoms with Crippen molar-refractivity contribution in [3.8, 4) is 0 Å². The fourth-order valence-electron chi connectivity index (χ4n) is 2.46. The molecular weight excluding hydrogens is 256 g/mol. The van der Waals surface area contributed by atoms with Crippen LogP contribution in [0.2, 0.25) is 0 Å². The first-order valence-corrected chi connectivity index (χ1v) is 7.80. The van der Waals surface area contributed by atoms with Crippen LogP contribution in [0.1, 0.15) is 39.0 Å². The van der Waals surface area contributed by atoms with E-state index in [-0.39, 0.29) is 5.91 Å². The van der Waals surface area contributed by atoms with E-state index >= 15 is 0 Å². The predicted octanol–water partition coefficient (Wildman–Crippen LogP) is 1.32. The summed E-state index contributed by atoms with van der Waals surface area (Å²) in [5.41, 5.74) is 0. The molecule has 0 aliphatic carbocycles. The van der Waals surface area contributed by atoms with E-state index in [9.17, 15) is 4.79 Å². The molecule has 5 nitrogen and oxygen atoms in total. The Kier molecular flexibility index (Phi) is 9.62. The predicted molar refractivity (Wildman–Crippen MR) is 79.7 cm³/mol. The quantitative estimate of drug-likeness (QED) is 0.595. The molecule has 0 aromatic carbocycles. The number of carbonyl (C=O) groups is 1. The van der Waals surface area contributed by atoms with Crippen molar-refractivity contribution in [1.82, 2.24) is 10.6 Å². The van der Waals surface area contributed by atoms with Crippen LogP contribution in [0.3, 0.4) is 0 Å². The number of carbonyl (C=O) groups excluding carboxylic acids is 1. The number of amides is 1. The SMILES string of the molecule is COCCOCCCCNC(=O)CC1NCCCC1C. The zero-order valence-electron chi connectivity index (χ0n) is 13.0. The van der Waals surface area contributed by atoms with Crippen LogP contribution in [0.25, 0.3) is 0 Å². The van der Waals surface area contributed by atoms with E-state index < -0.39 is 0 Å². The highest BCUT2D eigenvalue weighted by Gasteiger charge is 2.22. The smallest absolute Gasteiger partial charge is 0.221 e. The molecule has 0 aromatic rings. The number of rotatable bonds is 10. The fraction of sp³-hybridized carbons (Fsp3) is 0.933. The van der Waals surface area contributed by atoms with Crippen LogP contribution in [-0.4, -0.2) is 52.0 Å². The Hall–Kier alpha value is -0.650. The average Bonchev–Trinajstić information content (AvgIpc) is 2.44. The zero-order chi connectivity index (χ0) is 14.6. The highest BCUT2D eigenvalue weighted by Crippen LogP contribution is 2.17. The van der Waals surface area contributed by atoms with Crippen molar-refractivity contribution in [2.75, 3.05) is 40.0 Å². The molecular formula is C15H30N2O3. The average molecular weight is 286 g/mol. The van der Waals surface area contributed by atoms with E-state index in [0.717, 1.165) is 32.5 Å². The standard InChI is InChI=1S/C15H30N2O3/c1-13-6-5-8-16-14(13)12-15(18)17-7-3-4-9-20-11-10-19-2/h13-14,16H,3-12H2,1-2H3,(H,17,18). The van der Waals surface area contributed by atoms with Crippen LogP contribution in [0, 0.1) is 5.92 Å². The molecule has 0 spiro atoms. The molecule has 2 unspecified atom stereocenters. The van der Waals surface area contributed by atoms with Crippen LogP contribution in [0.5, 0.6) is 0 Å². The molecule has 0 saturated carbocycles. The topological polar surface area (TPSA) is 59.6 Å². The van der Waals surface area contributed by atoms with Gasteiger partial charge in [0.15, 0.2) is 0 Å². The normalized spacial score (nSPS) is 22.7. The highest BCUT2D eigenvalue weighted by atomic mass is 16.5. The number of hydrogen-bond acceptors (Lipinski definition) is 4. The molecule has 1 aliphatic heterocycles. The Morgan fingerprint density at radius 2 is 2.15 bits per heavy atom. The molecule has 2 N–H and O–H groups in total. The molecule has 118 valence electrons. The fourth-order valence-corrected chi connectivity index (χ4v) is 2.46. The molecule has 1 heterocycles. The summed E-state index contributed by atoms with van der Waals surface area (Å²) in [5.74, 6) is 0.764. The van der Waals surface area contributed by atoms with E-state index in [1.54, 1.807) is 7.11 Å². The van der Waals surface area contributed by atoms with Gasteiger partial charge in [0.1, 0.15) is 0 Å². The first kappa shape index (κ1) is 17.4. The molecule has 20 heavy (non-hydrogen) atoms. The van der Waals surface area contributed by atoms with Crippen LogP contribution in [0.15, 0.2) is 0 Å². The van der Waals surface area contributed by atoms with Gasteiger partial charge < -0.3 is 20.1 Å². The lowest BCUT2D eigenvalue weighted by molar-refractivity contribution is -0.122. The van der Waals surface area contributed by atoms with Crippen LogP contribution in [-0.2, 0) is 14.3 Å². The van der Waals surface area contributed by atoms with Gasteiger partial charge in [-0.2, -0.15) is 0 Å². The van der Waals surface area contributed by atoms with Gasteiger partial charge in [0.2, 0.25) is 5.91 Å². The lowest BCUT2D eigenvalue weighted by atomic mass is 9.90. The summed E-state index contributed by atoms with van der Waals surface area (Å²) in [4.78, 5) is 11.8.